The van der Waals surface area contributed by atoms with Crippen molar-refractivity contribution >= 4 is 35.6 Å². The maximum atomic E-state index is 13.9. The number of carbonyl (C=O) groups excluding carboxylic acids is 4. The van der Waals surface area contributed by atoms with Gasteiger partial charge in [-0.25, -0.2) is 9.59 Å². The van der Waals surface area contributed by atoms with Crippen LogP contribution < -0.4 is 10.6 Å². The Hall–Kier alpha value is -2.83. The van der Waals surface area contributed by atoms with Crippen LogP contribution in [0.1, 0.15) is 97.7 Å². The molecule has 0 bridgehead atoms. The molecule has 1 saturated carbocycles. The van der Waals surface area contributed by atoms with Gasteiger partial charge in [0, 0.05) is 31.4 Å². The summed E-state index contributed by atoms with van der Waals surface area (Å²) in [6, 6.07) is -1.22. The molecule has 3 rings (SSSR count). The molecule has 41 heavy (non-hydrogen) atoms. The molecule has 13 heteroatoms. The third-order valence-corrected chi connectivity index (χ3v) is 7.83. The van der Waals surface area contributed by atoms with Crippen LogP contribution in [0.25, 0.3) is 0 Å². The zero-order valence-corrected chi connectivity index (χ0v) is 26.3. The van der Waals surface area contributed by atoms with Gasteiger partial charge in [0.2, 0.25) is 11.7 Å². The highest BCUT2D eigenvalue weighted by molar-refractivity contribution is 7.99. The van der Waals surface area contributed by atoms with Crippen LogP contribution in [0.4, 0.5) is 9.59 Å². The van der Waals surface area contributed by atoms with Crippen molar-refractivity contribution in [3.8, 4) is 0 Å². The van der Waals surface area contributed by atoms with Gasteiger partial charge in [-0.3, -0.25) is 9.59 Å². The second-order valence-electron chi connectivity index (χ2n) is 12.6. The molecule has 2 aliphatic rings. The Kier molecular flexibility index (Phi) is 11.1. The first-order valence-electron chi connectivity index (χ1n) is 14.6. The summed E-state index contributed by atoms with van der Waals surface area (Å²) in [4.78, 5) is 56.3. The van der Waals surface area contributed by atoms with E-state index in [9.17, 15) is 19.2 Å². The summed E-state index contributed by atoms with van der Waals surface area (Å²) in [5, 5.41) is 14.4. The fourth-order valence-corrected chi connectivity index (χ4v) is 5.59. The molecule has 1 aliphatic heterocycles. The van der Waals surface area contributed by atoms with Crippen LogP contribution in [0.2, 0.25) is 0 Å². The van der Waals surface area contributed by atoms with Crippen LogP contribution in [0.15, 0.2) is 9.64 Å². The van der Waals surface area contributed by atoms with Crippen LogP contribution in [0.5, 0.6) is 0 Å². The molecule has 2 heterocycles. The number of ketones is 1. The van der Waals surface area contributed by atoms with Crippen molar-refractivity contribution < 1.29 is 28.3 Å². The lowest BCUT2D eigenvalue weighted by Gasteiger charge is -2.41. The Morgan fingerprint density at radius 3 is 2.15 bits per heavy atom. The summed E-state index contributed by atoms with van der Waals surface area (Å²) in [6.45, 7) is 14.7. The summed E-state index contributed by atoms with van der Waals surface area (Å²) < 4.78 is 11.0. The van der Waals surface area contributed by atoms with Gasteiger partial charge in [0.1, 0.15) is 11.1 Å². The number of nitrogens with one attached hydrogen (secondary N) is 2. The van der Waals surface area contributed by atoms with E-state index in [1.165, 1.54) is 11.8 Å². The topological polar surface area (TPSA) is 147 Å². The third kappa shape index (κ3) is 9.34. The van der Waals surface area contributed by atoms with Crippen molar-refractivity contribution in [2.45, 2.75) is 115 Å². The lowest BCUT2D eigenvalue weighted by molar-refractivity contribution is -0.129. The normalized spacial score (nSPS) is 18.3. The number of piperazine rings is 1. The average molecular weight is 595 g/mol. The number of hydrogen-bond donors (Lipinski definition) is 2. The number of ether oxygens (including phenoxy) is 1. The van der Waals surface area contributed by atoms with Crippen LogP contribution in [-0.2, 0) is 9.53 Å². The van der Waals surface area contributed by atoms with Crippen molar-refractivity contribution in [1.82, 2.24) is 30.6 Å². The first-order chi connectivity index (χ1) is 19.2. The number of carbonyl (C=O) groups is 4. The Morgan fingerprint density at radius 2 is 1.59 bits per heavy atom. The molecule has 12 nitrogen and oxygen atoms in total. The van der Waals surface area contributed by atoms with Crippen molar-refractivity contribution in [1.29, 1.82) is 0 Å². The molecule has 2 fully saturated rings. The number of thioether (sulfide) groups is 1. The molecule has 4 amide bonds. The smallest absolute Gasteiger partial charge is 0.410 e. The van der Waals surface area contributed by atoms with E-state index in [4.69, 9.17) is 9.15 Å². The van der Waals surface area contributed by atoms with Crippen molar-refractivity contribution in [3.63, 3.8) is 0 Å². The van der Waals surface area contributed by atoms with E-state index in [1.54, 1.807) is 9.80 Å². The molecule has 0 aromatic carbocycles. The highest BCUT2D eigenvalue weighted by atomic mass is 32.2. The zero-order chi connectivity index (χ0) is 30.4. The molecule has 1 aromatic heterocycles. The van der Waals surface area contributed by atoms with Gasteiger partial charge < -0.3 is 29.6 Å². The summed E-state index contributed by atoms with van der Waals surface area (Å²) in [7, 11) is 0. The molecule has 1 atom stereocenters. The second kappa shape index (κ2) is 13.9. The number of aromatic nitrogens is 2. The minimum Gasteiger partial charge on any atom is -0.444 e. The fraction of sp³-hybridized carbons (Fsp3) is 0.786. The minimum absolute atomic E-state index is 0.106. The second-order valence-corrected chi connectivity index (χ2v) is 14.1. The monoisotopic (exact) mass is 594 g/mol. The largest absolute Gasteiger partial charge is 0.444 e. The molecule has 1 saturated heterocycles. The predicted octanol–water partition coefficient (Wildman–Crippen LogP) is 4.25. The number of nitrogens with zero attached hydrogens (tertiary/aromatic N) is 4. The van der Waals surface area contributed by atoms with Crippen LogP contribution in [0.3, 0.4) is 0 Å². The summed E-state index contributed by atoms with van der Waals surface area (Å²) in [5.74, 6) is -0.850. The highest BCUT2D eigenvalue weighted by Crippen LogP contribution is 2.30. The van der Waals surface area contributed by atoms with Gasteiger partial charge in [0.25, 0.3) is 11.1 Å². The van der Waals surface area contributed by atoms with Crippen molar-refractivity contribution in [2.24, 2.45) is 5.92 Å². The maximum absolute atomic E-state index is 13.9. The van der Waals surface area contributed by atoms with Crippen LogP contribution in [0, 0.1) is 5.92 Å². The number of hydrogen-bond acceptors (Lipinski definition) is 9. The Balaban J connectivity index is 1.69. The van der Waals surface area contributed by atoms with E-state index in [-0.39, 0.29) is 29.0 Å². The van der Waals surface area contributed by atoms with E-state index in [1.807, 2.05) is 48.5 Å². The Morgan fingerprint density at radius 1 is 0.976 bits per heavy atom. The molecular formula is C28H46N6O6S. The van der Waals surface area contributed by atoms with Gasteiger partial charge in [0.05, 0.1) is 6.04 Å². The van der Waals surface area contributed by atoms with Gasteiger partial charge in [-0.15, -0.1) is 10.2 Å². The molecule has 0 unspecified atom stereocenters. The average Bonchev–Trinajstić information content (AvgIpc) is 3.35. The summed E-state index contributed by atoms with van der Waals surface area (Å²) >= 11 is 1.36. The van der Waals surface area contributed by atoms with E-state index in [2.05, 4.69) is 20.8 Å². The van der Waals surface area contributed by atoms with E-state index < -0.39 is 29.1 Å². The van der Waals surface area contributed by atoms with Gasteiger partial charge in [0.15, 0.2) is 0 Å². The third-order valence-electron chi connectivity index (χ3n) is 6.99. The first kappa shape index (κ1) is 32.7. The molecule has 1 aromatic rings. The SMILES string of the molecule is CC(C)C[C@H](NC(=O)C1(NC(=O)N2CCN(C(=O)OC(C)(C)C)CC2)CCCCC1)C(=O)c1nnc(SC(C)C)o1. The predicted molar refractivity (Wildman–Crippen MR) is 155 cm³/mol. The summed E-state index contributed by atoms with van der Waals surface area (Å²) in [6.07, 6.45) is 3.45. The molecule has 0 radical (unpaired) electrons. The Bertz CT molecular complexity index is 1070. The van der Waals surface area contributed by atoms with Gasteiger partial charge >= 0.3 is 12.1 Å². The van der Waals surface area contributed by atoms with E-state index >= 15 is 0 Å². The molecule has 230 valence electrons. The zero-order valence-electron chi connectivity index (χ0n) is 25.4. The van der Waals surface area contributed by atoms with Gasteiger partial charge in [-0.2, -0.15) is 0 Å². The van der Waals surface area contributed by atoms with Gasteiger partial charge in [-0.1, -0.05) is 58.7 Å². The van der Waals surface area contributed by atoms with E-state index in [0.717, 1.165) is 19.3 Å². The standard InChI is InChI=1S/C28H46N6O6S/c1-18(2)17-20(21(35)22-31-32-25(39-22)41-19(3)4)29-23(36)28(11-9-8-10-12-28)30-24(37)33-13-15-34(16-14-33)26(38)40-27(5,6)7/h18-20H,8-17H2,1-7H3,(H,29,36)(H,30,37)/t20-/m0/s1. The highest BCUT2D eigenvalue weighted by Gasteiger charge is 2.44. The quantitative estimate of drug-likeness (QED) is 0.316. The lowest BCUT2D eigenvalue weighted by atomic mass is 9.80. The molecule has 1 aliphatic carbocycles. The lowest BCUT2D eigenvalue weighted by Crippen LogP contribution is -2.65. The number of urea groups is 1. The van der Waals surface area contributed by atoms with Crippen LogP contribution >= 0.6 is 11.8 Å². The summed E-state index contributed by atoms with van der Waals surface area (Å²) in [5.41, 5.74) is -1.74. The van der Waals surface area contributed by atoms with Crippen molar-refractivity contribution in [2.75, 3.05) is 26.2 Å². The fourth-order valence-electron chi connectivity index (χ4n) is 4.97. The maximum Gasteiger partial charge on any atom is 0.410 e. The number of rotatable bonds is 9. The minimum atomic E-state index is -1.14. The molecule has 0 spiro atoms. The molecular weight excluding hydrogens is 548 g/mol. The van der Waals surface area contributed by atoms with Gasteiger partial charge in [-0.05, 0) is 46.0 Å². The first-order valence-corrected chi connectivity index (χ1v) is 15.5. The molecule has 2 N–H and O–H groups in total. The van der Waals surface area contributed by atoms with E-state index in [0.29, 0.717) is 50.7 Å². The number of Topliss-reactive ketones (excluding diaryl/α,β-unsaturated/α-hetero) is 1. The Labute approximate surface area is 247 Å². The van der Waals surface area contributed by atoms with Crippen molar-refractivity contribution in [3.05, 3.63) is 5.89 Å². The van der Waals surface area contributed by atoms with Crippen LogP contribution in [-0.4, -0.2) is 92.4 Å². The number of amides is 4.